The molecule has 7 nitrogen and oxygen atoms in total. The highest BCUT2D eigenvalue weighted by atomic mass is 35.5. The van der Waals surface area contributed by atoms with Crippen LogP contribution >= 0.6 is 11.6 Å². The second-order valence-electron chi connectivity index (χ2n) is 9.03. The summed E-state index contributed by atoms with van der Waals surface area (Å²) in [7, 11) is 3.76. The van der Waals surface area contributed by atoms with Crippen LogP contribution in [-0.2, 0) is 4.79 Å². The van der Waals surface area contributed by atoms with Crippen molar-refractivity contribution in [3.63, 3.8) is 0 Å². The fraction of sp³-hybridized carbons (Fsp3) is 0.462. The second kappa shape index (κ2) is 11.2. The van der Waals surface area contributed by atoms with Gasteiger partial charge in [-0.2, -0.15) is 0 Å². The van der Waals surface area contributed by atoms with Crippen LogP contribution < -0.4 is 10.1 Å². The number of piperidine rings is 1. The van der Waals surface area contributed by atoms with E-state index < -0.39 is 0 Å². The minimum Gasteiger partial charge on any atom is -0.497 e. The highest BCUT2D eigenvalue weighted by Crippen LogP contribution is 2.28. The number of likely N-dealkylation sites (tertiary alicyclic amines) is 1. The van der Waals surface area contributed by atoms with Gasteiger partial charge in [0.15, 0.2) is 5.78 Å². The lowest BCUT2D eigenvalue weighted by molar-refractivity contribution is -0.131. The van der Waals surface area contributed by atoms with Gasteiger partial charge in [-0.3, -0.25) is 14.5 Å². The molecular weight excluding hydrogens is 452 g/mol. The van der Waals surface area contributed by atoms with E-state index in [1.54, 1.807) is 49.6 Å². The summed E-state index contributed by atoms with van der Waals surface area (Å²) in [5.74, 6) is 0.558. The number of carbonyl (C=O) groups excluding carboxylic acids is 2. The van der Waals surface area contributed by atoms with E-state index in [2.05, 4.69) is 22.2 Å². The third-order valence-corrected chi connectivity index (χ3v) is 7.30. The third kappa shape index (κ3) is 5.71. The number of hydrogen-bond acceptors (Lipinski definition) is 6. The Bertz CT molecular complexity index is 998. The van der Waals surface area contributed by atoms with Crippen LogP contribution in [0.25, 0.3) is 0 Å². The number of ketones is 1. The summed E-state index contributed by atoms with van der Waals surface area (Å²) in [5, 5.41) is 3.46. The lowest BCUT2D eigenvalue weighted by Crippen LogP contribution is -2.54. The number of nitrogens with one attached hydrogen (secondary N) is 1. The van der Waals surface area contributed by atoms with E-state index in [9.17, 15) is 9.59 Å². The molecule has 0 atom stereocenters. The smallest absolute Gasteiger partial charge is 0.241 e. The molecule has 2 heterocycles. The maximum Gasteiger partial charge on any atom is 0.241 e. The number of halogens is 1. The van der Waals surface area contributed by atoms with Gasteiger partial charge in [-0.05, 0) is 69.4 Å². The number of nitrogens with zero attached hydrogens (tertiary/aromatic N) is 3. The first-order valence-electron chi connectivity index (χ1n) is 11.9. The van der Waals surface area contributed by atoms with Gasteiger partial charge < -0.3 is 19.9 Å². The standard InChI is InChI=1S/C26H33ClN4O3/c1-29-12-10-20(11-13-29)30-14-16-31(17-15-30)24(32)18-28-23-5-3-4-22(25(23)27)26(33)19-6-8-21(34-2)9-7-19/h3-9,20,28H,10-18H2,1-2H3. The van der Waals surface area contributed by atoms with Crippen molar-refractivity contribution in [2.75, 3.05) is 65.3 Å². The Balaban J connectivity index is 1.31. The van der Waals surface area contributed by atoms with Crippen LogP contribution in [0.3, 0.4) is 0 Å². The molecule has 2 saturated heterocycles. The molecule has 2 aromatic rings. The number of amides is 1. The molecule has 1 N–H and O–H groups in total. The number of carbonyl (C=O) groups is 2. The Morgan fingerprint density at radius 1 is 1.00 bits per heavy atom. The molecule has 0 saturated carbocycles. The van der Waals surface area contributed by atoms with Crippen LogP contribution in [0.5, 0.6) is 5.75 Å². The summed E-state index contributed by atoms with van der Waals surface area (Å²) < 4.78 is 5.15. The Labute approximate surface area is 206 Å². The molecule has 2 aliphatic rings. The van der Waals surface area contributed by atoms with Crippen molar-refractivity contribution in [3.8, 4) is 5.75 Å². The Morgan fingerprint density at radius 3 is 2.32 bits per heavy atom. The van der Waals surface area contributed by atoms with E-state index in [-0.39, 0.29) is 18.2 Å². The summed E-state index contributed by atoms with van der Waals surface area (Å²) in [6, 6.07) is 12.8. The summed E-state index contributed by atoms with van der Waals surface area (Å²) in [5.41, 5.74) is 1.51. The van der Waals surface area contributed by atoms with E-state index in [1.807, 2.05) is 4.90 Å². The van der Waals surface area contributed by atoms with E-state index >= 15 is 0 Å². The number of anilines is 1. The number of hydrogen-bond donors (Lipinski definition) is 1. The van der Waals surface area contributed by atoms with E-state index in [4.69, 9.17) is 16.3 Å². The van der Waals surface area contributed by atoms with Crippen LogP contribution in [0.4, 0.5) is 5.69 Å². The average molecular weight is 485 g/mol. The van der Waals surface area contributed by atoms with E-state index in [0.29, 0.717) is 33.6 Å². The molecule has 4 rings (SSSR count). The highest BCUT2D eigenvalue weighted by molar-refractivity contribution is 6.37. The van der Waals surface area contributed by atoms with Crippen LogP contribution in [0.2, 0.25) is 5.02 Å². The normalized spacial score (nSPS) is 18.0. The molecule has 0 spiro atoms. The molecule has 0 aliphatic carbocycles. The maximum absolute atomic E-state index is 12.9. The van der Waals surface area contributed by atoms with E-state index in [1.165, 1.54) is 12.8 Å². The predicted molar refractivity (Wildman–Crippen MR) is 135 cm³/mol. The molecule has 8 heteroatoms. The molecule has 2 fully saturated rings. The summed E-state index contributed by atoms with van der Waals surface area (Å²) >= 11 is 6.55. The topological polar surface area (TPSA) is 65.1 Å². The van der Waals surface area contributed by atoms with Gasteiger partial charge in [-0.1, -0.05) is 17.7 Å². The molecule has 2 aromatic carbocycles. The SMILES string of the molecule is COc1ccc(C(=O)c2cccc(NCC(=O)N3CCN(C4CCN(C)CC4)CC3)c2Cl)cc1. The largest absolute Gasteiger partial charge is 0.497 e. The number of rotatable bonds is 7. The summed E-state index contributed by atoms with van der Waals surface area (Å²) in [4.78, 5) is 32.6. The van der Waals surface area contributed by atoms with Crippen molar-refractivity contribution >= 4 is 29.0 Å². The molecule has 0 unspecified atom stereocenters. The monoisotopic (exact) mass is 484 g/mol. The zero-order valence-electron chi connectivity index (χ0n) is 19.9. The Kier molecular flexibility index (Phi) is 8.08. The first-order chi connectivity index (χ1) is 16.5. The minimum absolute atomic E-state index is 0.0472. The Hall–Kier alpha value is -2.61. The van der Waals surface area contributed by atoms with Crippen molar-refractivity contribution in [2.24, 2.45) is 0 Å². The third-order valence-electron chi connectivity index (χ3n) is 6.90. The number of piperazine rings is 1. The molecule has 0 aromatic heterocycles. The van der Waals surface area contributed by atoms with Crippen molar-refractivity contribution in [2.45, 2.75) is 18.9 Å². The molecule has 182 valence electrons. The minimum atomic E-state index is -0.173. The van der Waals surface area contributed by atoms with Crippen LogP contribution in [-0.4, -0.2) is 92.4 Å². The van der Waals surface area contributed by atoms with Crippen molar-refractivity contribution < 1.29 is 14.3 Å². The van der Waals surface area contributed by atoms with Gasteiger partial charge >= 0.3 is 0 Å². The highest BCUT2D eigenvalue weighted by Gasteiger charge is 2.28. The maximum atomic E-state index is 12.9. The summed E-state index contributed by atoms with van der Waals surface area (Å²) in [6.45, 7) is 5.78. The fourth-order valence-corrected chi connectivity index (χ4v) is 5.00. The first kappa shape index (κ1) is 24.5. The van der Waals surface area contributed by atoms with E-state index in [0.717, 1.165) is 39.3 Å². The lowest BCUT2D eigenvalue weighted by atomic mass is 10.0. The first-order valence-corrected chi connectivity index (χ1v) is 12.3. The average Bonchev–Trinajstić information content (AvgIpc) is 2.88. The fourth-order valence-electron chi connectivity index (χ4n) is 4.72. The molecule has 1 amide bonds. The number of benzene rings is 2. The zero-order valence-corrected chi connectivity index (χ0v) is 20.7. The van der Waals surface area contributed by atoms with Crippen LogP contribution in [0.15, 0.2) is 42.5 Å². The van der Waals surface area contributed by atoms with Gasteiger partial charge in [0.25, 0.3) is 0 Å². The molecular formula is C26H33ClN4O3. The quantitative estimate of drug-likeness (QED) is 0.609. The molecule has 34 heavy (non-hydrogen) atoms. The van der Waals surface area contributed by atoms with Crippen molar-refractivity contribution in [1.82, 2.24) is 14.7 Å². The molecule has 2 aliphatic heterocycles. The van der Waals surface area contributed by atoms with Crippen LogP contribution in [0, 0.1) is 0 Å². The van der Waals surface area contributed by atoms with Gasteiger partial charge in [0.05, 0.1) is 24.4 Å². The van der Waals surface area contributed by atoms with Crippen LogP contribution in [0.1, 0.15) is 28.8 Å². The second-order valence-corrected chi connectivity index (χ2v) is 9.41. The number of ether oxygens (including phenoxy) is 1. The van der Waals surface area contributed by atoms with Gasteiger partial charge in [0, 0.05) is 43.3 Å². The van der Waals surface area contributed by atoms with Crippen molar-refractivity contribution in [3.05, 3.63) is 58.6 Å². The lowest BCUT2D eigenvalue weighted by Gasteiger charge is -2.42. The molecule has 0 radical (unpaired) electrons. The van der Waals surface area contributed by atoms with Gasteiger partial charge in [-0.15, -0.1) is 0 Å². The van der Waals surface area contributed by atoms with Gasteiger partial charge in [0.2, 0.25) is 5.91 Å². The number of methoxy groups -OCH3 is 1. The zero-order chi connectivity index (χ0) is 24.1. The summed E-state index contributed by atoms with van der Waals surface area (Å²) in [6.07, 6.45) is 2.41. The van der Waals surface area contributed by atoms with Gasteiger partial charge in [-0.25, -0.2) is 0 Å². The Morgan fingerprint density at radius 2 is 1.68 bits per heavy atom. The van der Waals surface area contributed by atoms with Gasteiger partial charge in [0.1, 0.15) is 5.75 Å². The predicted octanol–water partition coefficient (Wildman–Crippen LogP) is 3.23. The van der Waals surface area contributed by atoms with Crippen molar-refractivity contribution in [1.29, 1.82) is 0 Å². The molecule has 0 bridgehead atoms.